The number of nitrogens with one attached hydrogen (secondary N) is 1. The average Bonchev–Trinajstić information content (AvgIpc) is 2.78. The van der Waals surface area contributed by atoms with E-state index in [9.17, 15) is 0 Å². The van der Waals surface area contributed by atoms with Crippen LogP contribution >= 0.6 is 0 Å². The molecule has 1 aromatic carbocycles. The van der Waals surface area contributed by atoms with E-state index in [0.29, 0.717) is 6.04 Å². The Morgan fingerprint density at radius 1 is 1.29 bits per heavy atom. The summed E-state index contributed by atoms with van der Waals surface area (Å²) in [5, 5.41) is 3.61. The van der Waals surface area contributed by atoms with Crippen LogP contribution in [0.2, 0.25) is 0 Å². The van der Waals surface area contributed by atoms with Crippen molar-refractivity contribution in [2.24, 2.45) is 0 Å². The number of benzene rings is 1. The van der Waals surface area contributed by atoms with Gasteiger partial charge in [0.15, 0.2) is 0 Å². The van der Waals surface area contributed by atoms with Crippen molar-refractivity contribution in [2.75, 3.05) is 19.6 Å². The van der Waals surface area contributed by atoms with Crippen LogP contribution in [-0.2, 0) is 13.0 Å². The van der Waals surface area contributed by atoms with Crippen molar-refractivity contribution in [3.05, 3.63) is 53.2 Å². The topological polar surface area (TPSA) is 41.3 Å². The number of rotatable bonds is 4. The molecule has 0 radical (unpaired) electrons. The summed E-state index contributed by atoms with van der Waals surface area (Å²) >= 11 is 0. The molecule has 1 fully saturated rings. The van der Waals surface area contributed by atoms with Gasteiger partial charge >= 0.3 is 0 Å². The first-order valence-electron chi connectivity index (χ1n) is 7.63. The van der Waals surface area contributed by atoms with Gasteiger partial charge in [-0.3, -0.25) is 4.90 Å². The second kappa shape index (κ2) is 6.41. The van der Waals surface area contributed by atoms with Gasteiger partial charge in [0, 0.05) is 25.7 Å². The smallest absolute Gasteiger partial charge is 0.208 e. The Balaban J connectivity index is 1.58. The van der Waals surface area contributed by atoms with Gasteiger partial charge in [0.2, 0.25) is 5.89 Å². The largest absolute Gasteiger partial charge is 0.444 e. The first kappa shape index (κ1) is 14.3. The van der Waals surface area contributed by atoms with E-state index in [-0.39, 0.29) is 0 Å². The summed E-state index contributed by atoms with van der Waals surface area (Å²) in [6.07, 6.45) is 1.07. The number of aryl methyl sites for hydroxylation is 2. The van der Waals surface area contributed by atoms with Crippen LogP contribution in [0.5, 0.6) is 0 Å². The highest BCUT2D eigenvalue weighted by Gasteiger charge is 2.21. The third kappa shape index (κ3) is 3.71. The summed E-state index contributed by atoms with van der Waals surface area (Å²) in [6.45, 7) is 7.89. The molecule has 112 valence electrons. The van der Waals surface area contributed by atoms with E-state index in [0.717, 1.165) is 49.9 Å². The van der Waals surface area contributed by atoms with Gasteiger partial charge in [-0.05, 0) is 25.8 Å². The summed E-state index contributed by atoms with van der Waals surface area (Å²) < 4.78 is 5.70. The van der Waals surface area contributed by atoms with E-state index < -0.39 is 0 Å². The fourth-order valence-corrected chi connectivity index (χ4v) is 2.87. The maximum Gasteiger partial charge on any atom is 0.208 e. The molecule has 1 aliphatic rings. The minimum Gasteiger partial charge on any atom is -0.444 e. The fraction of sp³-hybridized carbons (Fsp3) is 0.471. The molecule has 2 aromatic rings. The van der Waals surface area contributed by atoms with E-state index in [1.54, 1.807) is 0 Å². The van der Waals surface area contributed by atoms with Gasteiger partial charge in [-0.1, -0.05) is 30.3 Å². The Kier molecular flexibility index (Phi) is 4.36. The van der Waals surface area contributed by atoms with Crippen molar-refractivity contribution in [3.63, 3.8) is 0 Å². The van der Waals surface area contributed by atoms with Gasteiger partial charge < -0.3 is 9.73 Å². The lowest BCUT2D eigenvalue weighted by Gasteiger charge is -2.33. The van der Waals surface area contributed by atoms with E-state index in [2.05, 4.69) is 45.5 Å². The molecule has 1 unspecified atom stereocenters. The second-order valence-corrected chi connectivity index (χ2v) is 5.83. The number of aromatic nitrogens is 1. The summed E-state index contributed by atoms with van der Waals surface area (Å²) in [5.74, 6) is 1.77. The average molecular weight is 285 g/mol. The molecule has 0 saturated carbocycles. The molecule has 2 heterocycles. The van der Waals surface area contributed by atoms with Gasteiger partial charge in [0.25, 0.3) is 0 Å². The molecule has 1 aromatic heterocycles. The maximum atomic E-state index is 5.70. The predicted octanol–water partition coefficient (Wildman–Crippen LogP) is 2.31. The third-order valence-corrected chi connectivity index (χ3v) is 4.10. The molecule has 3 rings (SSSR count). The number of hydrogen-bond acceptors (Lipinski definition) is 4. The second-order valence-electron chi connectivity index (χ2n) is 5.83. The van der Waals surface area contributed by atoms with Crippen LogP contribution in [-0.4, -0.2) is 35.6 Å². The summed E-state index contributed by atoms with van der Waals surface area (Å²) in [5.41, 5.74) is 2.39. The van der Waals surface area contributed by atoms with Gasteiger partial charge in [0.1, 0.15) is 5.76 Å². The zero-order chi connectivity index (χ0) is 14.7. The van der Waals surface area contributed by atoms with Crippen LogP contribution in [0.15, 0.2) is 34.7 Å². The van der Waals surface area contributed by atoms with Crippen molar-refractivity contribution in [1.29, 1.82) is 0 Å². The van der Waals surface area contributed by atoms with Gasteiger partial charge in [-0.25, -0.2) is 4.98 Å². The number of piperazine rings is 1. The van der Waals surface area contributed by atoms with Crippen molar-refractivity contribution >= 4 is 0 Å². The molecule has 4 heteroatoms. The van der Waals surface area contributed by atoms with Gasteiger partial charge in [-0.15, -0.1) is 0 Å². The van der Waals surface area contributed by atoms with E-state index in [1.165, 1.54) is 5.56 Å². The Hall–Kier alpha value is -1.65. The molecule has 0 amide bonds. The van der Waals surface area contributed by atoms with Crippen LogP contribution in [0.3, 0.4) is 0 Å². The third-order valence-electron chi connectivity index (χ3n) is 4.10. The highest BCUT2D eigenvalue weighted by molar-refractivity contribution is 5.16. The molecule has 1 saturated heterocycles. The molecule has 21 heavy (non-hydrogen) atoms. The lowest BCUT2D eigenvalue weighted by Crippen LogP contribution is -2.51. The lowest BCUT2D eigenvalue weighted by molar-refractivity contribution is 0.176. The summed E-state index contributed by atoms with van der Waals surface area (Å²) in [6, 6.07) is 11.2. The molecule has 1 atom stereocenters. The van der Waals surface area contributed by atoms with Gasteiger partial charge in [-0.2, -0.15) is 0 Å². The lowest BCUT2D eigenvalue weighted by atomic mass is 10.0. The Bertz CT molecular complexity index is 559. The van der Waals surface area contributed by atoms with Crippen LogP contribution in [0.1, 0.15) is 22.9 Å². The fourth-order valence-electron chi connectivity index (χ4n) is 2.87. The highest BCUT2D eigenvalue weighted by atomic mass is 16.4. The van der Waals surface area contributed by atoms with E-state index in [1.807, 2.05) is 13.8 Å². The first-order chi connectivity index (χ1) is 10.2. The van der Waals surface area contributed by atoms with Crippen molar-refractivity contribution in [2.45, 2.75) is 32.9 Å². The Morgan fingerprint density at radius 2 is 2.10 bits per heavy atom. The number of nitrogens with zero attached hydrogens (tertiary/aromatic N) is 2. The molecule has 1 N–H and O–H groups in total. The molecule has 0 aliphatic carbocycles. The molecule has 0 bridgehead atoms. The zero-order valence-corrected chi connectivity index (χ0v) is 12.8. The predicted molar refractivity (Wildman–Crippen MR) is 83.2 cm³/mol. The zero-order valence-electron chi connectivity index (χ0n) is 12.8. The van der Waals surface area contributed by atoms with E-state index >= 15 is 0 Å². The summed E-state index contributed by atoms with van der Waals surface area (Å²) in [7, 11) is 0. The van der Waals surface area contributed by atoms with Crippen LogP contribution < -0.4 is 5.32 Å². The summed E-state index contributed by atoms with van der Waals surface area (Å²) in [4.78, 5) is 6.91. The van der Waals surface area contributed by atoms with Crippen LogP contribution in [0.4, 0.5) is 0 Å². The van der Waals surface area contributed by atoms with Crippen molar-refractivity contribution in [1.82, 2.24) is 15.2 Å². The minimum absolute atomic E-state index is 0.498. The maximum absolute atomic E-state index is 5.70. The normalized spacial score (nSPS) is 19.8. The molecule has 0 spiro atoms. The molecular weight excluding hydrogens is 262 g/mol. The number of oxazole rings is 1. The standard InChI is InChI=1S/C17H23N3O/c1-13-14(2)21-17(19-13)12-20-9-8-18-16(11-20)10-15-6-4-3-5-7-15/h3-7,16,18H,8-12H2,1-2H3. The molecular formula is C17H23N3O. The SMILES string of the molecule is Cc1nc(CN2CCNC(Cc3ccccc3)C2)oc1C. The minimum atomic E-state index is 0.498. The van der Waals surface area contributed by atoms with Crippen molar-refractivity contribution in [3.8, 4) is 0 Å². The molecule has 4 nitrogen and oxygen atoms in total. The number of hydrogen-bond donors (Lipinski definition) is 1. The van der Waals surface area contributed by atoms with Crippen LogP contribution in [0.25, 0.3) is 0 Å². The van der Waals surface area contributed by atoms with Gasteiger partial charge in [0.05, 0.1) is 12.2 Å². The Morgan fingerprint density at radius 3 is 2.81 bits per heavy atom. The molecule has 1 aliphatic heterocycles. The quantitative estimate of drug-likeness (QED) is 0.936. The monoisotopic (exact) mass is 285 g/mol. The first-order valence-corrected chi connectivity index (χ1v) is 7.63. The van der Waals surface area contributed by atoms with E-state index in [4.69, 9.17) is 4.42 Å². The highest BCUT2D eigenvalue weighted by Crippen LogP contribution is 2.13. The Labute approximate surface area is 126 Å². The van der Waals surface area contributed by atoms with Crippen molar-refractivity contribution < 1.29 is 4.42 Å². The van der Waals surface area contributed by atoms with Crippen LogP contribution in [0, 0.1) is 13.8 Å².